The third kappa shape index (κ3) is 2.72. The normalized spacial score (nSPS) is 10.5. The second-order valence-corrected chi connectivity index (χ2v) is 3.49. The third-order valence-electron chi connectivity index (χ3n) is 2.33. The van der Waals surface area contributed by atoms with Gasteiger partial charge in [0.05, 0.1) is 0 Å². The van der Waals surface area contributed by atoms with Crippen LogP contribution in [0.3, 0.4) is 0 Å². The van der Waals surface area contributed by atoms with Crippen molar-refractivity contribution in [1.29, 1.82) is 0 Å². The van der Waals surface area contributed by atoms with Crippen LogP contribution < -0.4 is 10.5 Å². The number of anilines is 1. The molecule has 17 heavy (non-hydrogen) atoms. The van der Waals surface area contributed by atoms with Crippen molar-refractivity contribution in [2.24, 2.45) is 0 Å². The van der Waals surface area contributed by atoms with Crippen molar-refractivity contribution in [2.75, 3.05) is 5.73 Å². The molecule has 0 aliphatic carbocycles. The summed E-state index contributed by atoms with van der Waals surface area (Å²) in [6.07, 6.45) is 0. The summed E-state index contributed by atoms with van der Waals surface area (Å²) in [5, 5.41) is 0. The summed E-state index contributed by atoms with van der Waals surface area (Å²) >= 11 is 0. The van der Waals surface area contributed by atoms with Gasteiger partial charge in [-0.15, -0.1) is 0 Å². The molecule has 4 heteroatoms. The number of ether oxygens (including phenoxy) is 1. The Bertz CT molecular complexity index is 500. The van der Waals surface area contributed by atoms with Gasteiger partial charge in [-0.1, -0.05) is 30.3 Å². The van der Waals surface area contributed by atoms with E-state index >= 15 is 0 Å². The highest BCUT2D eigenvalue weighted by atomic mass is 19.3. The van der Waals surface area contributed by atoms with E-state index in [2.05, 4.69) is 4.74 Å². The summed E-state index contributed by atoms with van der Waals surface area (Å²) in [5.74, 6) is 0.105. The number of halogens is 2. The molecule has 0 aliphatic rings. The van der Waals surface area contributed by atoms with Gasteiger partial charge in [-0.25, -0.2) is 0 Å². The number of nitrogen functional groups attached to an aromatic ring is 1. The fourth-order valence-corrected chi connectivity index (χ4v) is 1.58. The molecule has 88 valence electrons. The van der Waals surface area contributed by atoms with Crippen LogP contribution in [-0.2, 0) is 0 Å². The Hall–Kier alpha value is -2.10. The lowest BCUT2D eigenvalue weighted by molar-refractivity contribution is -0.0498. The summed E-state index contributed by atoms with van der Waals surface area (Å²) in [5.41, 5.74) is 7.88. The van der Waals surface area contributed by atoms with Gasteiger partial charge in [-0.2, -0.15) is 8.78 Å². The van der Waals surface area contributed by atoms with Gasteiger partial charge in [-0.3, -0.25) is 0 Å². The smallest absolute Gasteiger partial charge is 0.387 e. The van der Waals surface area contributed by atoms with Crippen molar-refractivity contribution in [1.82, 2.24) is 0 Å². The second-order valence-electron chi connectivity index (χ2n) is 3.49. The molecule has 0 saturated heterocycles. The van der Waals surface area contributed by atoms with Crippen LogP contribution in [0.5, 0.6) is 5.75 Å². The number of hydrogen-bond acceptors (Lipinski definition) is 2. The first kappa shape index (κ1) is 11.4. The highest BCUT2D eigenvalue weighted by Gasteiger charge is 2.08. The number of hydrogen-bond donors (Lipinski definition) is 1. The minimum atomic E-state index is -2.83. The summed E-state index contributed by atoms with van der Waals surface area (Å²) < 4.78 is 28.5. The van der Waals surface area contributed by atoms with Crippen LogP contribution in [0.25, 0.3) is 11.1 Å². The first-order chi connectivity index (χ1) is 8.16. The van der Waals surface area contributed by atoms with E-state index in [4.69, 9.17) is 5.73 Å². The number of nitrogens with two attached hydrogens (primary N) is 1. The lowest BCUT2D eigenvalue weighted by Crippen LogP contribution is -2.02. The zero-order valence-corrected chi connectivity index (χ0v) is 8.94. The van der Waals surface area contributed by atoms with Crippen molar-refractivity contribution in [2.45, 2.75) is 6.61 Å². The Morgan fingerprint density at radius 1 is 1.00 bits per heavy atom. The standard InChI is InChI=1S/C13H11F2NO/c14-13(15)17-10-6-7-12(16)11(8-10)9-4-2-1-3-5-9/h1-8,13H,16H2. The molecule has 0 aromatic heterocycles. The lowest BCUT2D eigenvalue weighted by Gasteiger charge is -2.09. The SMILES string of the molecule is Nc1ccc(OC(F)F)cc1-c1ccccc1. The Balaban J connectivity index is 2.40. The molecule has 0 atom stereocenters. The molecule has 0 amide bonds. The van der Waals surface area contributed by atoms with Crippen LogP contribution in [0.15, 0.2) is 48.5 Å². The largest absolute Gasteiger partial charge is 0.435 e. The maximum Gasteiger partial charge on any atom is 0.387 e. The maximum absolute atomic E-state index is 12.1. The van der Waals surface area contributed by atoms with Crippen molar-refractivity contribution >= 4 is 5.69 Å². The Morgan fingerprint density at radius 3 is 2.35 bits per heavy atom. The van der Waals surface area contributed by atoms with Crippen LogP contribution in [0.2, 0.25) is 0 Å². The zero-order chi connectivity index (χ0) is 12.3. The second kappa shape index (κ2) is 4.82. The molecule has 2 N–H and O–H groups in total. The molecule has 2 aromatic carbocycles. The lowest BCUT2D eigenvalue weighted by atomic mass is 10.0. The summed E-state index contributed by atoms with van der Waals surface area (Å²) in [6.45, 7) is -2.83. The average Bonchev–Trinajstić information content (AvgIpc) is 2.32. The van der Waals surface area contributed by atoms with Crippen LogP contribution in [0, 0.1) is 0 Å². The maximum atomic E-state index is 12.1. The molecule has 0 bridgehead atoms. The van der Waals surface area contributed by atoms with Gasteiger partial charge in [0.15, 0.2) is 0 Å². The molecule has 0 spiro atoms. The van der Waals surface area contributed by atoms with E-state index in [9.17, 15) is 8.78 Å². The van der Waals surface area contributed by atoms with Gasteiger partial charge in [0.1, 0.15) is 5.75 Å². The van der Waals surface area contributed by atoms with Crippen molar-refractivity contribution in [3.63, 3.8) is 0 Å². The highest BCUT2D eigenvalue weighted by molar-refractivity contribution is 5.77. The van der Waals surface area contributed by atoms with E-state index < -0.39 is 6.61 Å². The van der Waals surface area contributed by atoms with E-state index in [1.807, 2.05) is 30.3 Å². The molecule has 2 nitrogen and oxygen atoms in total. The Labute approximate surface area is 97.6 Å². The van der Waals surface area contributed by atoms with Crippen LogP contribution >= 0.6 is 0 Å². The number of benzene rings is 2. The number of alkyl halides is 2. The Kier molecular flexibility index (Phi) is 3.23. The molecule has 2 rings (SSSR count). The fraction of sp³-hybridized carbons (Fsp3) is 0.0769. The molecular weight excluding hydrogens is 224 g/mol. The molecule has 0 radical (unpaired) electrons. The van der Waals surface area contributed by atoms with Crippen LogP contribution in [0.4, 0.5) is 14.5 Å². The number of rotatable bonds is 3. The topological polar surface area (TPSA) is 35.2 Å². The monoisotopic (exact) mass is 235 g/mol. The first-order valence-electron chi connectivity index (χ1n) is 5.06. The van der Waals surface area contributed by atoms with Crippen molar-refractivity contribution in [3.8, 4) is 16.9 Å². The van der Waals surface area contributed by atoms with E-state index in [0.717, 1.165) is 5.56 Å². The first-order valence-corrected chi connectivity index (χ1v) is 5.06. The summed E-state index contributed by atoms with van der Waals surface area (Å²) in [6, 6.07) is 13.8. The molecule has 0 fully saturated rings. The third-order valence-corrected chi connectivity index (χ3v) is 2.33. The predicted molar refractivity (Wildman–Crippen MR) is 62.9 cm³/mol. The molecule has 0 aliphatic heterocycles. The average molecular weight is 235 g/mol. The van der Waals surface area contributed by atoms with Gasteiger partial charge >= 0.3 is 6.61 Å². The zero-order valence-electron chi connectivity index (χ0n) is 8.94. The van der Waals surface area contributed by atoms with E-state index in [1.54, 1.807) is 6.07 Å². The highest BCUT2D eigenvalue weighted by Crippen LogP contribution is 2.30. The van der Waals surface area contributed by atoms with Gasteiger partial charge in [0, 0.05) is 11.3 Å². The van der Waals surface area contributed by atoms with Gasteiger partial charge in [-0.05, 0) is 23.8 Å². The minimum Gasteiger partial charge on any atom is -0.435 e. The van der Waals surface area contributed by atoms with Crippen molar-refractivity contribution < 1.29 is 13.5 Å². The van der Waals surface area contributed by atoms with Gasteiger partial charge < -0.3 is 10.5 Å². The fourth-order valence-electron chi connectivity index (χ4n) is 1.58. The molecule has 0 heterocycles. The predicted octanol–water partition coefficient (Wildman–Crippen LogP) is 3.54. The van der Waals surface area contributed by atoms with Crippen LogP contribution in [0.1, 0.15) is 0 Å². The van der Waals surface area contributed by atoms with E-state index in [1.165, 1.54) is 12.1 Å². The molecular formula is C13H11F2NO. The molecule has 2 aromatic rings. The van der Waals surface area contributed by atoms with Gasteiger partial charge in [0.2, 0.25) is 0 Å². The summed E-state index contributed by atoms with van der Waals surface area (Å²) in [4.78, 5) is 0. The minimum absolute atomic E-state index is 0.105. The van der Waals surface area contributed by atoms with E-state index in [0.29, 0.717) is 11.3 Å². The summed E-state index contributed by atoms with van der Waals surface area (Å²) in [7, 11) is 0. The van der Waals surface area contributed by atoms with Crippen molar-refractivity contribution in [3.05, 3.63) is 48.5 Å². The van der Waals surface area contributed by atoms with Gasteiger partial charge in [0.25, 0.3) is 0 Å². The Morgan fingerprint density at radius 2 is 1.71 bits per heavy atom. The quantitative estimate of drug-likeness (QED) is 0.826. The molecule has 0 saturated carbocycles. The molecule has 0 unspecified atom stereocenters. The van der Waals surface area contributed by atoms with E-state index in [-0.39, 0.29) is 5.75 Å². The van der Waals surface area contributed by atoms with Crippen LogP contribution in [-0.4, -0.2) is 6.61 Å².